The molecule has 2 aromatic rings. The normalized spacial score (nSPS) is 10.8. The Kier molecular flexibility index (Phi) is 4.07. The van der Waals surface area contributed by atoms with Gasteiger partial charge in [-0.1, -0.05) is 23.2 Å². The maximum absolute atomic E-state index is 12.2. The molecular formula is C12H12Cl2N4O. The summed E-state index contributed by atoms with van der Waals surface area (Å²) >= 11 is 11.7. The van der Waals surface area contributed by atoms with E-state index in [2.05, 4.69) is 15.3 Å². The lowest BCUT2D eigenvalue weighted by Crippen LogP contribution is -2.18. The molecule has 19 heavy (non-hydrogen) atoms. The van der Waals surface area contributed by atoms with Crippen LogP contribution in [0.1, 0.15) is 30.4 Å². The van der Waals surface area contributed by atoms with Crippen molar-refractivity contribution in [2.75, 3.05) is 5.32 Å². The molecule has 0 aliphatic rings. The molecule has 0 saturated heterocycles. The first-order chi connectivity index (χ1) is 9.00. The molecule has 2 rings (SSSR count). The van der Waals surface area contributed by atoms with Crippen molar-refractivity contribution in [1.29, 1.82) is 0 Å². The number of aromatic nitrogens is 3. The lowest BCUT2D eigenvalue weighted by molar-refractivity contribution is 0.101. The number of rotatable bonds is 3. The third-order valence-electron chi connectivity index (χ3n) is 2.55. The summed E-state index contributed by atoms with van der Waals surface area (Å²) in [4.78, 5) is 19.8. The second-order valence-corrected chi connectivity index (χ2v) is 4.91. The molecular weight excluding hydrogens is 287 g/mol. The van der Waals surface area contributed by atoms with Gasteiger partial charge in [-0.3, -0.25) is 4.79 Å². The van der Waals surface area contributed by atoms with E-state index in [4.69, 9.17) is 23.2 Å². The smallest absolute Gasteiger partial charge is 0.273 e. The molecule has 0 aromatic carbocycles. The van der Waals surface area contributed by atoms with Gasteiger partial charge in [-0.15, -0.1) is 0 Å². The summed E-state index contributed by atoms with van der Waals surface area (Å²) in [5, 5.41) is 2.85. The van der Waals surface area contributed by atoms with Crippen molar-refractivity contribution in [3.63, 3.8) is 0 Å². The van der Waals surface area contributed by atoms with Gasteiger partial charge >= 0.3 is 0 Å². The largest absolute Gasteiger partial charge is 0.341 e. The van der Waals surface area contributed by atoms with Crippen LogP contribution in [-0.4, -0.2) is 20.4 Å². The maximum atomic E-state index is 12.2. The lowest BCUT2D eigenvalue weighted by atomic mass is 10.3. The predicted molar refractivity (Wildman–Crippen MR) is 74.8 cm³/mol. The third kappa shape index (κ3) is 2.88. The predicted octanol–water partition coefficient (Wildman–Crippen LogP) is 3.42. The average Bonchev–Trinajstić information content (AvgIpc) is 2.84. The van der Waals surface area contributed by atoms with Gasteiger partial charge in [0.25, 0.3) is 5.91 Å². The van der Waals surface area contributed by atoms with E-state index in [0.717, 1.165) is 0 Å². The first kappa shape index (κ1) is 13.8. The summed E-state index contributed by atoms with van der Waals surface area (Å²) < 4.78 is 1.85. The molecule has 0 saturated carbocycles. The van der Waals surface area contributed by atoms with Gasteiger partial charge in [-0.05, 0) is 26.0 Å². The molecule has 0 radical (unpaired) electrons. The lowest BCUT2D eigenvalue weighted by Gasteiger charge is -2.13. The second kappa shape index (κ2) is 5.59. The molecule has 0 aliphatic carbocycles. The molecule has 5 nitrogen and oxygen atoms in total. The average molecular weight is 299 g/mol. The van der Waals surface area contributed by atoms with Crippen molar-refractivity contribution in [2.24, 2.45) is 0 Å². The minimum atomic E-state index is -0.296. The van der Waals surface area contributed by atoms with Crippen molar-refractivity contribution in [3.05, 3.63) is 40.5 Å². The van der Waals surface area contributed by atoms with Crippen LogP contribution in [0.15, 0.2) is 24.7 Å². The second-order valence-electron chi connectivity index (χ2n) is 4.18. The Morgan fingerprint density at radius 3 is 2.79 bits per heavy atom. The molecule has 0 aliphatic heterocycles. The van der Waals surface area contributed by atoms with Gasteiger partial charge in [0, 0.05) is 12.2 Å². The molecule has 2 heterocycles. The van der Waals surface area contributed by atoms with E-state index in [0.29, 0.717) is 5.69 Å². The van der Waals surface area contributed by atoms with Crippen molar-refractivity contribution >= 4 is 34.9 Å². The maximum Gasteiger partial charge on any atom is 0.273 e. The fourth-order valence-corrected chi connectivity index (χ4v) is 1.92. The fourth-order valence-electron chi connectivity index (χ4n) is 1.64. The molecule has 0 bridgehead atoms. The zero-order valence-corrected chi connectivity index (χ0v) is 11.9. The van der Waals surface area contributed by atoms with Crippen molar-refractivity contribution in [3.8, 4) is 0 Å². The highest BCUT2D eigenvalue weighted by atomic mass is 35.5. The quantitative estimate of drug-likeness (QED) is 0.883. The summed E-state index contributed by atoms with van der Waals surface area (Å²) in [7, 11) is 0. The minimum absolute atomic E-state index is 0.103. The van der Waals surface area contributed by atoms with Gasteiger partial charge in [0.15, 0.2) is 11.0 Å². The molecule has 7 heteroatoms. The topological polar surface area (TPSA) is 59.8 Å². The summed E-state index contributed by atoms with van der Waals surface area (Å²) in [5.74, 6) is -0.0986. The fraction of sp³-hybridized carbons (Fsp3) is 0.250. The molecule has 1 N–H and O–H groups in total. The van der Waals surface area contributed by atoms with Gasteiger partial charge in [0.1, 0.15) is 17.0 Å². The van der Waals surface area contributed by atoms with E-state index in [9.17, 15) is 4.79 Å². The highest BCUT2D eigenvalue weighted by Crippen LogP contribution is 2.25. The zero-order valence-electron chi connectivity index (χ0n) is 10.4. The summed E-state index contributed by atoms with van der Waals surface area (Å²) in [6.45, 7) is 3.98. The Hall–Kier alpha value is -1.59. The van der Waals surface area contributed by atoms with Gasteiger partial charge in [-0.25, -0.2) is 9.97 Å². The minimum Gasteiger partial charge on any atom is -0.341 e. The monoisotopic (exact) mass is 298 g/mol. The molecule has 0 unspecified atom stereocenters. The Morgan fingerprint density at radius 1 is 1.37 bits per heavy atom. The Balaban J connectivity index is 2.26. The van der Waals surface area contributed by atoms with Crippen LogP contribution in [0, 0.1) is 0 Å². The molecule has 0 spiro atoms. The van der Waals surface area contributed by atoms with Crippen LogP contribution in [-0.2, 0) is 0 Å². The number of amides is 1. The van der Waals surface area contributed by atoms with E-state index in [1.807, 2.05) is 30.7 Å². The molecule has 2 aromatic heterocycles. The van der Waals surface area contributed by atoms with Crippen LogP contribution >= 0.6 is 23.2 Å². The summed E-state index contributed by atoms with van der Waals surface area (Å²) in [6.07, 6.45) is 3.08. The van der Waals surface area contributed by atoms with E-state index in [-0.39, 0.29) is 27.9 Å². The Labute approximate surface area is 120 Å². The molecule has 0 fully saturated rings. The number of hydrogen-bond donors (Lipinski definition) is 1. The molecule has 100 valence electrons. The van der Waals surface area contributed by atoms with Gasteiger partial charge < -0.3 is 9.88 Å². The highest BCUT2D eigenvalue weighted by molar-refractivity contribution is 6.43. The van der Waals surface area contributed by atoms with Crippen LogP contribution in [0.2, 0.25) is 10.2 Å². The summed E-state index contributed by atoms with van der Waals surface area (Å²) in [6, 6.07) is 3.72. The number of carbonyl (C=O) groups is 1. The number of nitrogens with zero attached hydrogens (tertiary/aromatic N) is 3. The van der Waals surface area contributed by atoms with E-state index in [1.165, 1.54) is 6.33 Å². The number of nitrogens with one attached hydrogen (secondary N) is 1. The number of halogens is 2. The van der Waals surface area contributed by atoms with E-state index >= 15 is 0 Å². The van der Waals surface area contributed by atoms with E-state index in [1.54, 1.807) is 6.07 Å². The van der Waals surface area contributed by atoms with Crippen LogP contribution in [0.25, 0.3) is 0 Å². The van der Waals surface area contributed by atoms with Gasteiger partial charge in [0.2, 0.25) is 0 Å². The van der Waals surface area contributed by atoms with E-state index < -0.39 is 0 Å². The van der Waals surface area contributed by atoms with Gasteiger partial charge in [-0.2, -0.15) is 0 Å². The molecule has 0 atom stereocenters. The van der Waals surface area contributed by atoms with Crippen LogP contribution in [0.5, 0.6) is 0 Å². The van der Waals surface area contributed by atoms with Crippen LogP contribution in [0.4, 0.5) is 5.82 Å². The van der Waals surface area contributed by atoms with Crippen molar-refractivity contribution in [2.45, 2.75) is 19.9 Å². The first-order valence-corrected chi connectivity index (χ1v) is 6.40. The van der Waals surface area contributed by atoms with Crippen LogP contribution < -0.4 is 5.32 Å². The standard InChI is InChI=1S/C12H12Cl2N4O/c1-7(2)18-5-3-4-8(18)12(19)17-11-9(13)10(14)15-6-16-11/h3-7H,1-2H3,(H,15,16,17,19). The van der Waals surface area contributed by atoms with Crippen molar-refractivity contribution in [1.82, 2.24) is 14.5 Å². The SMILES string of the molecule is CC(C)n1cccc1C(=O)Nc1ncnc(Cl)c1Cl. The van der Waals surface area contributed by atoms with Crippen molar-refractivity contribution < 1.29 is 4.79 Å². The number of anilines is 1. The Bertz CT molecular complexity index is 610. The van der Waals surface area contributed by atoms with Gasteiger partial charge in [0.05, 0.1) is 0 Å². The molecule has 1 amide bonds. The Morgan fingerprint density at radius 2 is 2.11 bits per heavy atom. The zero-order chi connectivity index (χ0) is 14.0. The number of carbonyl (C=O) groups excluding carboxylic acids is 1. The third-order valence-corrected chi connectivity index (χ3v) is 3.29. The summed E-state index contributed by atoms with van der Waals surface area (Å²) in [5.41, 5.74) is 0.529. The van der Waals surface area contributed by atoms with Crippen LogP contribution in [0.3, 0.4) is 0 Å². The number of hydrogen-bond acceptors (Lipinski definition) is 3. The highest BCUT2D eigenvalue weighted by Gasteiger charge is 2.16. The first-order valence-electron chi connectivity index (χ1n) is 5.65.